The fourth-order valence-corrected chi connectivity index (χ4v) is 5.98. The summed E-state index contributed by atoms with van der Waals surface area (Å²) in [6.07, 6.45) is 8.52. The zero-order chi connectivity index (χ0) is 25.5. The number of fused-ring (bicyclic) bond motifs is 2. The van der Waals surface area contributed by atoms with Crippen LogP contribution in [0, 0.1) is 11.8 Å². The highest BCUT2D eigenvalue weighted by Gasteiger charge is 2.48. The van der Waals surface area contributed by atoms with Crippen molar-refractivity contribution in [2.75, 3.05) is 6.61 Å². The van der Waals surface area contributed by atoms with Gasteiger partial charge in [0.15, 0.2) is 6.29 Å². The molecule has 0 amide bonds. The number of hydrogen-bond acceptors (Lipinski definition) is 6. The van der Waals surface area contributed by atoms with E-state index in [0.29, 0.717) is 12.8 Å². The minimum atomic E-state index is -0.925. The molecular formula is C29H42O7. The summed E-state index contributed by atoms with van der Waals surface area (Å²) in [4.78, 5) is 10.8. The second kappa shape index (κ2) is 13.2. The van der Waals surface area contributed by atoms with Crippen molar-refractivity contribution in [3.63, 3.8) is 0 Å². The predicted molar refractivity (Wildman–Crippen MR) is 135 cm³/mol. The van der Waals surface area contributed by atoms with E-state index in [9.17, 15) is 15.0 Å². The molecule has 3 aliphatic heterocycles. The zero-order valence-electron chi connectivity index (χ0n) is 21.3. The van der Waals surface area contributed by atoms with Gasteiger partial charge in [-0.2, -0.15) is 0 Å². The van der Waals surface area contributed by atoms with E-state index in [4.69, 9.17) is 19.3 Å². The highest BCUT2D eigenvalue weighted by Crippen LogP contribution is 2.46. The number of carboxylic acids is 1. The number of carbonyl (C=O) groups is 1. The average molecular weight is 503 g/mol. The summed E-state index contributed by atoms with van der Waals surface area (Å²) in [5.41, 5.74) is 1.21. The van der Waals surface area contributed by atoms with Crippen LogP contribution in [0.3, 0.4) is 0 Å². The zero-order valence-corrected chi connectivity index (χ0v) is 21.3. The van der Waals surface area contributed by atoms with Gasteiger partial charge < -0.3 is 29.5 Å². The van der Waals surface area contributed by atoms with Crippen LogP contribution >= 0.6 is 0 Å². The van der Waals surface area contributed by atoms with Crippen molar-refractivity contribution in [2.45, 2.75) is 107 Å². The van der Waals surface area contributed by atoms with Crippen LogP contribution in [-0.4, -0.2) is 64.7 Å². The molecule has 3 aliphatic rings. The van der Waals surface area contributed by atoms with Crippen molar-refractivity contribution in [2.24, 2.45) is 11.8 Å². The molecule has 5 unspecified atom stereocenters. The molecule has 0 spiro atoms. The molecule has 0 radical (unpaired) electrons. The summed E-state index contributed by atoms with van der Waals surface area (Å²) in [6, 6.07) is 10.4. The Morgan fingerprint density at radius 2 is 1.89 bits per heavy atom. The molecule has 4 rings (SSSR count). The highest BCUT2D eigenvalue weighted by molar-refractivity contribution is 5.66. The second-order valence-electron chi connectivity index (χ2n) is 10.7. The SMILES string of the molecule is CC(c1ccccc1)C(C=C[C@@H]1[C@H](CC(O)C(O)CCCC(=O)O)[C@@H]2CC[C@H]1O2)OC1CCCCO1. The summed E-state index contributed by atoms with van der Waals surface area (Å²) < 4.78 is 18.6. The van der Waals surface area contributed by atoms with Gasteiger partial charge in [-0.05, 0) is 62.8 Å². The van der Waals surface area contributed by atoms with Gasteiger partial charge in [0.2, 0.25) is 0 Å². The Kier molecular flexibility index (Phi) is 9.96. The van der Waals surface area contributed by atoms with Gasteiger partial charge >= 0.3 is 5.97 Å². The number of aliphatic hydroxyl groups excluding tert-OH is 2. The van der Waals surface area contributed by atoms with Gasteiger partial charge in [-0.15, -0.1) is 0 Å². The minimum Gasteiger partial charge on any atom is -0.481 e. The minimum absolute atomic E-state index is 0.00191. The lowest BCUT2D eigenvalue weighted by Gasteiger charge is -2.31. The molecule has 36 heavy (non-hydrogen) atoms. The monoisotopic (exact) mass is 502 g/mol. The van der Waals surface area contributed by atoms with Crippen molar-refractivity contribution < 1.29 is 34.3 Å². The van der Waals surface area contributed by atoms with E-state index >= 15 is 0 Å². The molecule has 0 saturated carbocycles. The van der Waals surface area contributed by atoms with E-state index in [0.717, 1.165) is 38.7 Å². The molecule has 0 aliphatic carbocycles. The first kappa shape index (κ1) is 27.3. The van der Waals surface area contributed by atoms with Gasteiger partial charge in [0.1, 0.15) is 0 Å². The van der Waals surface area contributed by atoms with E-state index in [1.165, 1.54) is 5.56 Å². The summed E-state index contributed by atoms with van der Waals surface area (Å²) >= 11 is 0. The van der Waals surface area contributed by atoms with Crippen LogP contribution in [0.15, 0.2) is 42.5 Å². The van der Waals surface area contributed by atoms with Crippen LogP contribution in [-0.2, 0) is 19.0 Å². The van der Waals surface area contributed by atoms with Gasteiger partial charge in [-0.25, -0.2) is 0 Å². The van der Waals surface area contributed by atoms with E-state index in [2.05, 4.69) is 31.2 Å². The van der Waals surface area contributed by atoms with Gasteiger partial charge in [-0.1, -0.05) is 49.4 Å². The van der Waals surface area contributed by atoms with Crippen LogP contribution in [0.5, 0.6) is 0 Å². The largest absolute Gasteiger partial charge is 0.481 e. The van der Waals surface area contributed by atoms with E-state index in [1.807, 2.05) is 18.2 Å². The Bertz CT molecular complexity index is 837. The second-order valence-corrected chi connectivity index (χ2v) is 10.7. The summed E-state index contributed by atoms with van der Waals surface area (Å²) in [6.45, 7) is 2.91. The lowest BCUT2D eigenvalue weighted by molar-refractivity contribution is -0.181. The molecule has 3 N–H and O–H groups in total. The standard InChI is InChI=1S/C29H42O7/c1-19(20-8-3-2-4-9-20)25(36-29-12-5-6-17-34-29)14-13-21-22(27-16-15-26(21)35-27)18-24(31)23(30)10-7-11-28(32)33/h2-4,8-9,13-14,19,21-27,29-31H,5-7,10-12,15-18H2,1H3,(H,32,33)/t19?,21-,22+,23?,24?,25?,26-,27+,29?/m1/s1. The Morgan fingerprint density at radius 3 is 2.61 bits per heavy atom. The fourth-order valence-electron chi connectivity index (χ4n) is 5.98. The molecule has 1 aromatic carbocycles. The first-order valence-corrected chi connectivity index (χ1v) is 13.7. The molecule has 1 aromatic rings. The molecule has 200 valence electrons. The van der Waals surface area contributed by atoms with Gasteiger partial charge in [-0.3, -0.25) is 4.79 Å². The van der Waals surface area contributed by atoms with Crippen molar-refractivity contribution in [3.05, 3.63) is 48.0 Å². The Hall–Kier alpha value is -1.77. The number of aliphatic carboxylic acids is 1. The molecule has 2 bridgehead atoms. The number of ether oxygens (including phenoxy) is 3. The lowest BCUT2D eigenvalue weighted by Crippen LogP contribution is -2.35. The first-order chi connectivity index (χ1) is 17.4. The molecule has 9 atom stereocenters. The van der Waals surface area contributed by atoms with Gasteiger partial charge in [0, 0.05) is 24.9 Å². The molecule has 7 nitrogen and oxygen atoms in total. The van der Waals surface area contributed by atoms with Crippen molar-refractivity contribution in [3.8, 4) is 0 Å². The third kappa shape index (κ3) is 7.17. The number of carboxylic acid groups (broad SMARTS) is 1. The summed E-state index contributed by atoms with van der Waals surface area (Å²) in [7, 11) is 0. The quantitative estimate of drug-likeness (QED) is 0.343. The third-order valence-electron chi connectivity index (χ3n) is 8.12. The molecule has 3 heterocycles. The van der Waals surface area contributed by atoms with E-state index in [-0.39, 0.29) is 55.2 Å². The number of aliphatic hydroxyl groups is 2. The summed E-state index contributed by atoms with van der Waals surface area (Å²) in [5, 5.41) is 29.9. The topological polar surface area (TPSA) is 105 Å². The number of benzene rings is 1. The lowest BCUT2D eigenvalue weighted by atomic mass is 9.75. The van der Waals surface area contributed by atoms with E-state index in [1.54, 1.807) is 0 Å². The van der Waals surface area contributed by atoms with Crippen molar-refractivity contribution in [1.82, 2.24) is 0 Å². The molecule has 0 aromatic heterocycles. The molecule has 3 saturated heterocycles. The maximum absolute atomic E-state index is 10.8. The molecule has 3 fully saturated rings. The van der Waals surface area contributed by atoms with Crippen LogP contribution in [0.4, 0.5) is 0 Å². The Morgan fingerprint density at radius 1 is 1.11 bits per heavy atom. The maximum atomic E-state index is 10.8. The number of hydrogen-bond donors (Lipinski definition) is 3. The van der Waals surface area contributed by atoms with Crippen LogP contribution in [0.1, 0.15) is 76.2 Å². The number of rotatable bonds is 13. The molecule has 7 heteroatoms. The van der Waals surface area contributed by atoms with Crippen molar-refractivity contribution >= 4 is 5.97 Å². The molecular weight excluding hydrogens is 460 g/mol. The van der Waals surface area contributed by atoms with Crippen LogP contribution in [0.2, 0.25) is 0 Å². The highest BCUT2D eigenvalue weighted by atomic mass is 16.7. The van der Waals surface area contributed by atoms with Gasteiger partial charge in [0.05, 0.1) is 30.5 Å². The van der Waals surface area contributed by atoms with E-state index < -0.39 is 18.2 Å². The van der Waals surface area contributed by atoms with Gasteiger partial charge in [0.25, 0.3) is 0 Å². The Labute approximate surface area is 214 Å². The van der Waals surface area contributed by atoms with Crippen LogP contribution < -0.4 is 0 Å². The Balaban J connectivity index is 1.43. The fraction of sp³-hybridized carbons (Fsp3) is 0.690. The van der Waals surface area contributed by atoms with Crippen LogP contribution in [0.25, 0.3) is 0 Å². The maximum Gasteiger partial charge on any atom is 0.303 e. The summed E-state index contributed by atoms with van der Waals surface area (Å²) in [5.74, 6) is -0.482. The van der Waals surface area contributed by atoms with Crippen molar-refractivity contribution in [1.29, 1.82) is 0 Å². The normalized spacial score (nSPS) is 31.4. The smallest absolute Gasteiger partial charge is 0.303 e. The first-order valence-electron chi connectivity index (χ1n) is 13.7. The predicted octanol–water partition coefficient (Wildman–Crippen LogP) is 4.42. The third-order valence-corrected chi connectivity index (χ3v) is 8.12. The average Bonchev–Trinajstić information content (AvgIpc) is 3.49.